The lowest BCUT2D eigenvalue weighted by molar-refractivity contribution is 0.0905. The smallest absolute Gasteiger partial charge is 0.255 e. The standard InChI is InChI=1S/C16H18N2O2/c1-16(11-17,12-7-3-2-4-8-12)18-15(20)13-9-5-6-10-14(13)19/h2-10,19H,11,17H2,1H3,(H,18,20). The molecule has 1 amide bonds. The number of nitrogens with two attached hydrogens (primary N) is 1. The summed E-state index contributed by atoms with van der Waals surface area (Å²) in [6.07, 6.45) is 0. The number of rotatable bonds is 4. The van der Waals surface area contributed by atoms with E-state index in [4.69, 9.17) is 5.73 Å². The predicted octanol–water partition coefficient (Wildman–Crippen LogP) is 2.00. The highest BCUT2D eigenvalue weighted by molar-refractivity contribution is 5.97. The predicted molar refractivity (Wildman–Crippen MR) is 78.4 cm³/mol. The molecule has 0 aliphatic carbocycles. The van der Waals surface area contributed by atoms with Gasteiger partial charge in [-0.05, 0) is 24.6 Å². The summed E-state index contributed by atoms with van der Waals surface area (Å²) >= 11 is 0. The van der Waals surface area contributed by atoms with Gasteiger partial charge >= 0.3 is 0 Å². The second-order valence-corrected chi connectivity index (χ2v) is 4.87. The summed E-state index contributed by atoms with van der Waals surface area (Å²) in [6.45, 7) is 2.12. The van der Waals surface area contributed by atoms with Gasteiger partial charge in [-0.15, -0.1) is 0 Å². The Morgan fingerprint density at radius 2 is 1.75 bits per heavy atom. The second-order valence-electron chi connectivity index (χ2n) is 4.87. The van der Waals surface area contributed by atoms with Crippen LogP contribution in [0.3, 0.4) is 0 Å². The van der Waals surface area contributed by atoms with Crippen LogP contribution in [0.25, 0.3) is 0 Å². The van der Waals surface area contributed by atoms with E-state index < -0.39 is 5.54 Å². The van der Waals surface area contributed by atoms with Crippen LogP contribution in [0, 0.1) is 0 Å². The number of hydrogen-bond acceptors (Lipinski definition) is 3. The lowest BCUT2D eigenvalue weighted by Gasteiger charge is -2.30. The van der Waals surface area contributed by atoms with E-state index in [2.05, 4.69) is 5.32 Å². The zero-order valence-electron chi connectivity index (χ0n) is 11.3. The lowest BCUT2D eigenvalue weighted by Crippen LogP contribution is -2.48. The number of phenols is 1. The van der Waals surface area contributed by atoms with Crippen molar-refractivity contribution in [2.75, 3.05) is 6.54 Å². The van der Waals surface area contributed by atoms with Crippen LogP contribution in [0.1, 0.15) is 22.8 Å². The minimum absolute atomic E-state index is 0.0440. The molecule has 104 valence electrons. The molecule has 1 atom stereocenters. The molecular weight excluding hydrogens is 252 g/mol. The van der Waals surface area contributed by atoms with Gasteiger partial charge in [-0.2, -0.15) is 0 Å². The van der Waals surface area contributed by atoms with E-state index in [1.807, 2.05) is 37.3 Å². The first kappa shape index (κ1) is 14.1. The number of benzene rings is 2. The molecule has 0 saturated heterocycles. The molecule has 2 rings (SSSR count). The average Bonchev–Trinajstić information content (AvgIpc) is 2.48. The molecule has 1 unspecified atom stereocenters. The fraction of sp³-hybridized carbons (Fsp3) is 0.188. The highest BCUT2D eigenvalue weighted by Crippen LogP contribution is 2.22. The lowest BCUT2D eigenvalue weighted by atomic mass is 9.91. The van der Waals surface area contributed by atoms with Crippen LogP contribution in [0.4, 0.5) is 0 Å². The maximum atomic E-state index is 12.3. The summed E-state index contributed by atoms with van der Waals surface area (Å²) in [7, 11) is 0. The fourth-order valence-corrected chi connectivity index (χ4v) is 2.03. The van der Waals surface area contributed by atoms with Crippen LogP contribution in [0.5, 0.6) is 5.75 Å². The Balaban J connectivity index is 2.27. The first-order valence-electron chi connectivity index (χ1n) is 6.43. The van der Waals surface area contributed by atoms with Crippen molar-refractivity contribution in [3.63, 3.8) is 0 Å². The van der Waals surface area contributed by atoms with Crippen molar-refractivity contribution in [1.29, 1.82) is 0 Å². The SMILES string of the molecule is CC(CN)(NC(=O)c1ccccc1O)c1ccccc1. The highest BCUT2D eigenvalue weighted by atomic mass is 16.3. The number of aromatic hydroxyl groups is 1. The molecule has 2 aromatic rings. The molecular formula is C16H18N2O2. The van der Waals surface area contributed by atoms with Gasteiger partial charge in [-0.1, -0.05) is 42.5 Å². The Bertz CT molecular complexity index is 598. The highest BCUT2D eigenvalue weighted by Gasteiger charge is 2.28. The number of para-hydroxylation sites is 1. The summed E-state index contributed by atoms with van der Waals surface area (Å²) < 4.78 is 0. The van der Waals surface area contributed by atoms with Crippen molar-refractivity contribution >= 4 is 5.91 Å². The molecule has 0 aliphatic heterocycles. The molecule has 2 aromatic carbocycles. The quantitative estimate of drug-likeness (QED) is 0.795. The third kappa shape index (κ3) is 2.81. The van der Waals surface area contributed by atoms with Crippen LogP contribution in [-0.2, 0) is 5.54 Å². The molecule has 4 nitrogen and oxygen atoms in total. The van der Waals surface area contributed by atoms with Crippen molar-refractivity contribution in [3.8, 4) is 5.75 Å². The molecule has 0 aromatic heterocycles. The van der Waals surface area contributed by atoms with Gasteiger partial charge in [-0.3, -0.25) is 4.79 Å². The molecule has 0 bridgehead atoms. The Kier molecular flexibility index (Phi) is 4.05. The van der Waals surface area contributed by atoms with Crippen LogP contribution < -0.4 is 11.1 Å². The van der Waals surface area contributed by atoms with E-state index >= 15 is 0 Å². The number of hydrogen-bond donors (Lipinski definition) is 3. The van der Waals surface area contributed by atoms with Gasteiger partial charge in [0.2, 0.25) is 0 Å². The summed E-state index contributed by atoms with van der Waals surface area (Å²) in [5.41, 5.74) is 6.31. The topological polar surface area (TPSA) is 75.3 Å². The number of amides is 1. The first-order chi connectivity index (χ1) is 9.57. The molecule has 20 heavy (non-hydrogen) atoms. The largest absolute Gasteiger partial charge is 0.507 e. The number of phenolic OH excluding ortho intramolecular Hbond substituents is 1. The molecule has 0 aliphatic rings. The molecule has 0 radical (unpaired) electrons. The van der Waals surface area contributed by atoms with Crippen molar-refractivity contribution < 1.29 is 9.90 Å². The van der Waals surface area contributed by atoms with Crippen molar-refractivity contribution in [2.45, 2.75) is 12.5 Å². The van der Waals surface area contributed by atoms with E-state index in [9.17, 15) is 9.90 Å². The first-order valence-corrected chi connectivity index (χ1v) is 6.43. The Morgan fingerprint density at radius 3 is 2.35 bits per heavy atom. The number of nitrogens with one attached hydrogen (secondary N) is 1. The Labute approximate surface area is 118 Å². The second kappa shape index (κ2) is 5.75. The van der Waals surface area contributed by atoms with Gasteiger partial charge in [0.25, 0.3) is 5.91 Å². The van der Waals surface area contributed by atoms with Crippen LogP contribution in [0.15, 0.2) is 54.6 Å². The Morgan fingerprint density at radius 1 is 1.15 bits per heavy atom. The molecule has 0 heterocycles. The zero-order valence-corrected chi connectivity index (χ0v) is 11.3. The molecule has 4 heteroatoms. The van der Waals surface area contributed by atoms with Crippen LogP contribution in [0.2, 0.25) is 0 Å². The van der Waals surface area contributed by atoms with E-state index in [0.29, 0.717) is 0 Å². The molecule has 0 fully saturated rings. The van der Waals surface area contributed by atoms with Gasteiger partial charge < -0.3 is 16.2 Å². The number of carbonyl (C=O) groups excluding carboxylic acids is 1. The summed E-state index contributed by atoms with van der Waals surface area (Å²) in [5, 5.41) is 12.6. The Hall–Kier alpha value is -2.33. The summed E-state index contributed by atoms with van der Waals surface area (Å²) in [5.74, 6) is -0.391. The van der Waals surface area contributed by atoms with Gasteiger partial charge in [0, 0.05) is 6.54 Å². The molecule has 0 saturated carbocycles. The van der Waals surface area contributed by atoms with Gasteiger partial charge in [0.1, 0.15) is 5.75 Å². The van der Waals surface area contributed by atoms with Crippen LogP contribution in [-0.4, -0.2) is 17.6 Å². The molecule has 0 spiro atoms. The van der Waals surface area contributed by atoms with E-state index in [0.717, 1.165) is 5.56 Å². The number of carbonyl (C=O) groups is 1. The van der Waals surface area contributed by atoms with Gasteiger partial charge in [-0.25, -0.2) is 0 Å². The zero-order chi connectivity index (χ0) is 14.6. The van der Waals surface area contributed by atoms with Crippen molar-refractivity contribution in [3.05, 3.63) is 65.7 Å². The maximum Gasteiger partial charge on any atom is 0.255 e. The third-order valence-electron chi connectivity index (χ3n) is 3.36. The minimum Gasteiger partial charge on any atom is -0.507 e. The summed E-state index contributed by atoms with van der Waals surface area (Å²) in [6, 6.07) is 16.0. The van der Waals surface area contributed by atoms with Crippen molar-refractivity contribution in [2.24, 2.45) is 5.73 Å². The maximum absolute atomic E-state index is 12.3. The minimum atomic E-state index is -0.680. The van der Waals surface area contributed by atoms with Gasteiger partial charge in [0.05, 0.1) is 11.1 Å². The monoisotopic (exact) mass is 270 g/mol. The van der Waals surface area contributed by atoms with E-state index in [-0.39, 0.29) is 23.8 Å². The molecule has 4 N–H and O–H groups in total. The van der Waals surface area contributed by atoms with Crippen LogP contribution >= 0.6 is 0 Å². The fourth-order valence-electron chi connectivity index (χ4n) is 2.03. The van der Waals surface area contributed by atoms with Crippen molar-refractivity contribution in [1.82, 2.24) is 5.32 Å². The third-order valence-corrected chi connectivity index (χ3v) is 3.36. The normalized spacial score (nSPS) is 13.5. The van der Waals surface area contributed by atoms with Gasteiger partial charge in [0.15, 0.2) is 0 Å². The summed E-state index contributed by atoms with van der Waals surface area (Å²) in [4.78, 5) is 12.3. The van der Waals surface area contributed by atoms with E-state index in [1.165, 1.54) is 6.07 Å². The van der Waals surface area contributed by atoms with E-state index in [1.54, 1.807) is 18.2 Å². The average molecular weight is 270 g/mol.